The zero-order chi connectivity index (χ0) is 37.0. The molecule has 8 heteroatoms. The van der Waals surface area contributed by atoms with E-state index in [4.69, 9.17) is 9.16 Å². The van der Waals surface area contributed by atoms with Gasteiger partial charge < -0.3 is 14.1 Å². The summed E-state index contributed by atoms with van der Waals surface area (Å²) in [5.74, 6) is -1.62. The first-order chi connectivity index (χ1) is 24.2. The van der Waals surface area contributed by atoms with Gasteiger partial charge in [0.15, 0.2) is 14.1 Å². The zero-order valence-electron chi connectivity index (χ0n) is 30.8. The third-order valence-electron chi connectivity index (χ3n) is 10.3. The average Bonchev–Trinajstić information content (AvgIpc) is 3.11. The van der Waals surface area contributed by atoms with Gasteiger partial charge in [-0.05, 0) is 47.9 Å². The SMILES string of the molecule is C=CCOC(=O)C(N1C(=O)[C@H]([C@@H](C)O[Si](C)(C)C(C)(C)C)[C@H]1CC(=O)c1ccc(C)cc1)=P(c1ccccc1)(c1ccccc1)c1ccccc1. The molecule has 0 spiro atoms. The van der Waals surface area contributed by atoms with E-state index in [9.17, 15) is 14.4 Å². The van der Waals surface area contributed by atoms with Crippen LogP contribution >= 0.6 is 6.89 Å². The highest BCUT2D eigenvalue weighted by Gasteiger charge is 2.57. The van der Waals surface area contributed by atoms with E-state index in [1.54, 1.807) is 4.90 Å². The van der Waals surface area contributed by atoms with Crippen molar-refractivity contribution in [3.05, 3.63) is 139 Å². The van der Waals surface area contributed by atoms with Gasteiger partial charge in [-0.3, -0.25) is 9.59 Å². The summed E-state index contributed by atoms with van der Waals surface area (Å²) in [6.45, 7) is 15.4. The number of rotatable bonds is 13. The molecule has 4 aromatic rings. The van der Waals surface area contributed by atoms with Crippen LogP contribution in [-0.2, 0) is 18.8 Å². The molecule has 0 aliphatic carbocycles. The summed E-state index contributed by atoms with van der Waals surface area (Å²) in [4.78, 5) is 45.6. The molecular weight excluding hydrogens is 670 g/mol. The minimum absolute atomic E-state index is 0.0152. The normalized spacial score (nSPS) is 16.9. The lowest BCUT2D eigenvalue weighted by Crippen LogP contribution is -2.69. The van der Waals surface area contributed by atoms with Gasteiger partial charge in [-0.15, -0.1) is 0 Å². The molecular formula is C43H50NO5PSi. The molecule has 6 nitrogen and oxygen atoms in total. The fourth-order valence-electron chi connectivity index (χ4n) is 6.69. The van der Waals surface area contributed by atoms with Crippen LogP contribution in [-0.4, -0.2) is 55.0 Å². The Kier molecular flexibility index (Phi) is 11.6. The molecule has 1 aliphatic rings. The minimum Gasteiger partial charge on any atom is -0.457 e. The molecule has 3 atom stereocenters. The fraction of sp³-hybridized carbons (Fsp3) is 0.302. The van der Waals surface area contributed by atoms with Gasteiger partial charge in [0.25, 0.3) is 0 Å². The van der Waals surface area contributed by atoms with Crippen molar-refractivity contribution >= 4 is 54.2 Å². The van der Waals surface area contributed by atoms with Gasteiger partial charge in [0, 0.05) is 18.9 Å². The van der Waals surface area contributed by atoms with Gasteiger partial charge in [0.1, 0.15) is 12.0 Å². The standard InChI is InChI=1S/C43H50NO5PSi/c1-9-29-48-42(47)41(50(34-19-13-10-14-20-34,35-21-15-11-16-22-35)36-23-17-12-18-24-36)44-37(30-38(45)33-27-25-31(2)26-28-33)39(40(44)46)32(3)49-51(7,8)43(4,5)6/h9-28,32,37,39H,1,29-30H2,2-8H3/t32-,37-,39-/m1/s1. The molecule has 1 aliphatic heterocycles. The molecule has 1 saturated heterocycles. The van der Waals surface area contributed by atoms with Crippen molar-refractivity contribution in [2.75, 3.05) is 6.61 Å². The summed E-state index contributed by atoms with van der Waals surface area (Å²) in [7, 11) is -2.32. The number of hydrogen-bond acceptors (Lipinski definition) is 5. The highest BCUT2D eigenvalue weighted by Crippen LogP contribution is 2.50. The van der Waals surface area contributed by atoms with Crippen molar-refractivity contribution in [3.8, 4) is 0 Å². The number of carbonyl (C=O) groups is 3. The quantitative estimate of drug-likeness (QED) is 0.0355. The first-order valence-electron chi connectivity index (χ1n) is 17.6. The monoisotopic (exact) mass is 719 g/mol. The Morgan fingerprint density at radius 3 is 1.75 bits per heavy atom. The van der Waals surface area contributed by atoms with E-state index in [1.807, 2.05) is 129 Å². The molecule has 51 heavy (non-hydrogen) atoms. The number of benzene rings is 4. The van der Waals surface area contributed by atoms with E-state index in [2.05, 4.69) is 40.4 Å². The van der Waals surface area contributed by atoms with Crippen LogP contribution in [0.3, 0.4) is 0 Å². The van der Waals surface area contributed by atoms with E-state index >= 15 is 0 Å². The van der Waals surface area contributed by atoms with Crippen molar-refractivity contribution < 1.29 is 23.5 Å². The number of likely N-dealkylation sites (tertiary alicyclic amines) is 1. The van der Waals surface area contributed by atoms with Crippen molar-refractivity contribution in [3.63, 3.8) is 0 Å². The maximum Gasteiger partial charge on any atom is 0.356 e. The highest BCUT2D eigenvalue weighted by molar-refractivity contribution is 7.96. The first-order valence-corrected chi connectivity index (χ1v) is 22.3. The summed E-state index contributed by atoms with van der Waals surface area (Å²) >= 11 is 0. The van der Waals surface area contributed by atoms with Crippen LogP contribution in [0.4, 0.5) is 0 Å². The number of ether oxygens (including phenoxy) is 1. The summed E-state index contributed by atoms with van der Waals surface area (Å²) in [5, 5.41) is 2.57. The second-order valence-electron chi connectivity index (χ2n) is 14.8. The number of ketones is 1. The summed E-state index contributed by atoms with van der Waals surface area (Å²) in [6, 6.07) is 36.5. The van der Waals surface area contributed by atoms with Gasteiger partial charge in [-0.1, -0.05) is 154 Å². The molecule has 0 aromatic heterocycles. The van der Waals surface area contributed by atoms with Gasteiger partial charge in [0.2, 0.25) is 5.91 Å². The molecule has 0 radical (unpaired) electrons. The Bertz CT molecular complexity index is 1810. The second kappa shape index (κ2) is 15.5. The van der Waals surface area contributed by atoms with Crippen LogP contribution in [0.15, 0.2) is 128 Å². The Labute approximate surface area is 304 Å². The molecule has 1 fully saturated rings. The average molecular weight is 720 g/mol. The number of carbonyl (C=O) groups excluding carboxylic acids is 3. The maximum absolute atomic E-state index is 15.0. The summed E-state index contributed by atoms with van der Waals surface area (Å²) in [5.41, 5.74) is 1.85. The van der Waals surface area contributed by atoms with Crippen molar-refractivity contribution in [1.29, 1.82) is 0 Å². The van der Waals surface area contributed by atoms with Crippen molar-refractivity contribution in [1.82, 2.24) is 4.90 Å². The number of hydrogen-bond donors (Lipinski definition) is 0. The fourth-order valence-corrected chi connectivity index (χ4v) is 12.5. The third kappa shape index (κ3) is 7.53. The second-order valence-corrected chi connectivity index (χ2v) is 22.8. The molecule has 4 aromatic carbocycles. The summed E-state index contributed by atoms with van der Waals surface area (Å²) in [6.07, 6.45) is 1.05. The molecule has 1 amide bonds. The number of β-lactam (4-membered cyclic amide) rings is 1. The van der Waals surface area contributed by atoms with Crippen LogP contribution in [0, 0.1) is 12.8 Å². The molecule has 0 saturated carbocycles. The lowest BCUT2D eigenvalue weighted by Gasteiger charge is -2.53. The lowest BCUT2D eigenvalue weighted by atomic mass is 9.79. The molecule has 0 N–H and O–H groups in total. The Hall–Kier alpha value is -4.29. The molecule has 1 heterocycles. The van der Waals surface area contributed by atoms with Gasteiger partial charge in [-0.25, -0.2) is 4.79 Å². The predicted octanol–water partition coefficient (Wildman–Crippen LogP) is 7.66. The molecule has 5 rings (SSSR count). The van der Waals surface area contributed by atoms with Crippen LogP contribution < -0.4 is 15.9 Å². The Morgan fingerprint density at radius 1 is 0.843 bits per heavy atom. The Balaban J connectivity index is 1.83. The van der Waals surface area contributed by atoms with E-state index in [1.165, 1.54) is 6.08 Å². The van der Waals surface area contributed by atoms with Gasteiger partial charge in [0.05, 0.1) is 18.1 Å². The number of nitrogens with zero attached hydrogens (tertiary/aromatic N) is 1. The number of Topliss-reactive ketones (excluding diaryl/α,β-unsaturated/α-hetero) is 1. The number of aryl methyl sites for hydroxylation is 1. The lowest BCUT2D eigenvalue weighted by molar-refractivity contribution is -0.156. The van der Waals surface area contributed by atoms with Crippen molar-refractivity contribution in [2.24, 2.45) is 5.92 Å². The highest BCUT2D eigenvalue weighted by atomic mass is 31.2. The van der Waals surface area contributed by atoms with Crippen LogP contribution in [0.5, 0.6) is 0 Å². The van der Waals surface area contributed by atoms with Crippen LogP contribution in [0.25, 0.3) is 0 Å². The van der Waals surface area contributed by atoms with Crippen LogP contribution in [0.2, 0.25) is 18.1 Å². The number of amides is 1. The maximum atomic E-state index is 15.0. The molecule has 266 valence electrons. The van der Waals surface area contributed by atoms with Crippen LogP contribution in [0.1, 0.15) is 50.0 Å². The van der Waals surface area contributed by atoms with E-state index in [-0.39, 0.29) is 35.2 Å². The predicted molar refractivity (Wildman–Crippen MR) is 213 cm³/mol. The first kappa shape index (κ1) is 37.9. The van der Waals surface area contributed by atoms with E-state index in [0.29, 0.717) is 5.56 Å². The smallest absolute Gasteiger partial charge is 0.356 e. The van der Waals surface area contributed by atoms with E-state index < -0.39 is 39.2 Å². The Morgan fingerprint density at radius 2 is 1.31 bits per heavy atom. The number of esters is 1. The topological polar surface area (TPSA) is 72.9 Å². The zero-order valence-corrected chi connectivity index (χ0v) is 32.7. The molecule has 0 unspecified atom stereocenters. The van der Waals surface area contributed by atoms with Crippen molar-refractivity contribution in [2.45, 2.75) is 71.3 Å². The summed E-state index contributed by atoms with van der Waals surface area (Å²) < 4.78 is 12.8. The minimum atomic E-state index is -3.13. The third-order valence-corrected chi connectivity index (χ3v) is 19.1. The van der Waals surface area contributed by atoms with Gasteiger partial charge in [-0.2, -0.15) is 0 Å². The largest absolute Gasteiger partial charge is 0.457 e. The molecule has 0 bridgehead atoms. The van der Waals surface area contributed by atoms with E-state index in [0.717, 1.165) is 21.5 Å². The van der Waals surface area contributed by atoms with Gasteiger partial charge >= 0.3 is 5.97 Å².